The summed E-state index contributed by atoms with van der Waals surface area (Å²) in [6.45, 7) is 2.88. The van der Waals surface area contributed by atoms with Crippen LogP contribution in [0.4, 0.5) is 0 Å². The third-order valence-electron chi connectivity index (χ3n) is 5.20. The van der Waals surface area contributed by atoms with E-state index >= 15 is 0 Å². The Hall–Kier alpha value is -2.33. The molecule has 1 saturated heterocycles. The summed E-state index contributed by atoms with van der Waals surface area (Å²) in [7, 11) is 1.65. The van der Waals surface area contributed by atoms with E-state index < -0.39 is 0 Å². The van der Waals surface area contributed by atoms with Crippen molar-refractivity contribution in [2.75, 3.05) is 26.7 Å². The summed E-state index contributed by atoms with van der Waals surface area (Å²) in [5.74, 6) is 2.15. The van der Waals surface area contributed by atoms with Crippen molar-refractivity contribution in [1.82, 2.24) is 10.6 Å². The van der Waals surface area contributed by atoms with Gasteiger partial charge in [0.1, 0.15) is 5.75 Å². The van der Waals surface area contributed by atoms with E-state index in [1.807, 2.05) is 24.3 Å². The van der Waals surface area contributed by atoms with Crippen molar-refractivity contribution >= 4 is 5.91 Å². The van der Waals surface area contributed by atoms with Crippen LogP contribution in [0.3, 0.4) is 0 Å². The van der Waals surface area contributed by atoms with Gasteiger partial charge in [-0.05, 0) is 42.1 Å². The van der Waals surface area contributed by atoms with Gasteiger partial charge in [0.05, 0.1) is 6.61 Å². The van der Waals surface area contributed by atoms with Crippen molar-refractivity contribution in [3.63, 3.8) is 0 Å². The minimum Gasteiger partial charge on any atom is -0.493 e. The maximum Gasteiger partial charge on any atom is 0.251 e. The molecule has 2 N–H and O–H groups in total. The molecule has 2 aromatic carbocycles. The number of carbonyl (C=O) groups excluding carboxylic acids is 1. The van der Waals surface area contributed by atoms with Crippen molar-refractivity contribution in [1.29, 1.82) is 0 Å². The first-order valence-corrected chi connectivity index (χ1v) is 8.57. The van der Waals surface area contributed by atoms with E-state index in [1.54, 1.807) is 7.05 Å². The highest BCUT2D eigenvalue weighted by atomic mass is 16.5. The maximum atomic E-state index is 11.7. The second kappa shape index (κ2) is 6.29. The van der Waals surface area contributed by atoms with Crippen molar-refractivity contribution in [2.24, 2.45) is 5.92 Å². The lowest BCUT2D eigenvalue weighted by atomic mass is 9.86. The summed E-state index contributed by atoms with van der Waals surface area (Å²) >= 11 is 0. The highest BCUT2D eigenvalue weighted by molar-refractivity contribution is 5.94. The summed E-state index contributed by atoms with van der Waals surface area (Å²) in [5.41, 5.74) is 4.19. The van der Waals surface area contributed by atoms with Crippen LogP contribution in [0.15, 0.2) is 42.5 Å². The van der Waals surface area contributed by atoms with E-state index in [1.165, 1.54) is 5.56 Å². The number of ether oxygens (including phenoxy) is 1. The average molecular weight is 322 g/mol. The zero-order valence-corrected chi connectivity index (χ0v) is 13.8. The van der Waals surface area contributed by atoms with Gasteiger partial charge in [-0.3, -0.25) is 4.79 Å². The molecule has 2 aliphatic rings. The molecule has 2 aromatic rings. The monoisotopic (exact) mass is 322 g/mol. The van der Waals surface area contributed by atoms with E-state index in [-0.39, 0.29) is 5.91 Å². The first kappa shape index (κ1) is 15.2. The van der Waals surface area contributed by atoms with Gasteiger partial charge in [0.15, 0.2) is 0 Å². The minimum absolute atomic E-state index is 0.0652. The molecule has 2 unspecified atom stereocenters. The molecule has 0 bridgehead atoms. The fourth-order valence-corrected chi connectivity index (χ4v) is 3.89. The summed E-state index contributed by atoms with van der Waals surface area (Å²) in [6.07, 6.45) is 1.10. The molecular weight excluding hydrogens is 300 g/mol. The normalized spacial score (nSPS) is 22.0. The highest BCUT2D eigenvalue weighted by Crippen LogP contribution is 2.43. The van der Waals surface area contributed by atoms with Gasteiger partial charge in [0, 0.05) is 30.6 Å². The fourth-order valence-electron chi connectivity index (χ4n) is 3.89. The lowest BCUT2D eigenvalue weighted by Crippen LogP contribution is -2.17. The molecule has 0 radical (unpaired) electrons. The number of hydrogen-bond acceptors (Lipinski definition) is 3. The number of amides is 1. The maximum absolute atomic E-state index is 11.7. The van der Waals surface area contributed by atoms with E-state index in [0.29, 0.717) is 17.4 Å². The van der Waals surface area contributed by atoms with E-state index in [4.69, 9.17) is 4.74 Å². The average Bonchev–Trinajstić information content (AvgIpc) is 3.02. The second-order valence-electron chi connectivity index (χ2n) is 6.54. The number of rotatable bonds is 2. The molecule has 1 fully saturated rings. The first-order valence-electron chi connectivity index (χ1n) is 8.57. The van der Waals surface area contributed by atoms with Gasteiger partial charge in [-0.2, -0.15) is 0 Å². The second-order valence-corrected chi connectivity index (χ2v) is 6.54. The third-order valence-corrected chi connectivity index (χ3v) is 5.20. The zero-order valence-electron chi connectivity index (χ0n) is 13.8. The van der Waals surface area contributed by atoms with Crippen molar-refractivity contribution < 1.29 is 9.53 Å². The highest BCUT2D eigenvalue weighted by Gasteiger charge is 2.33. The summed E-state index contributed by atoms with van der Waals surface area (Å²) < 4.78 is 6.16. The third kappa shape index (κ3) is 2.57. The van der Waals surface area contributed by atoms with E-state index in [9.17, 15) is 4.79 Å². The summed E-state index contributed by atoms with van der Waals surface area (Å²) in [5, 5.41) is 6.17. The number of fused-ring (bicyclic) bond motifs is 3. The van der Waals surface area contributed by atoms with Crippen LogP contribution in [-0.2, 0) is 0 Å². The molecule has 2 aliphatic heterocycles. The van der Waals surface area contributed by atoms with Crippen molar-refractivity contribution in [3.05, 3.63) is 53.6 Å². The number of hydrogen-bond donors (Lipinski definition) is 2. The molecular formula is C20H22N2O2. The Morgan fingerprint density at radius 1 is 1.17 bits per heavy atom. The van der Waals surface area contributed by atoms with Gasteiger partial charge < -0.3 is 15.4 Å². The Kier molecular flexibility index (Phi) is 3.98. The van der Waals surface area contributed by atoms with Crippen LogP contribution in [0.2, 0.25) is 0 Å². The van der Waals surface area contributed by atoms with Crippen LogP contribution >= 0.6 is 0 Å². The van der Waals surface area contributed by atoms with E-state index in [0.717, 1.165) is 43.0 Å². The predicted molar refractivity (Wildman–Crippen MR) is 94.5 cm³/mol. The summed E-state index contributed by atoms with van der Waals surface area (Å²) in [6, 6.07) is 14.2. The molecule has 2 atom stereocenters. The Labute approximate surface area is 142 Å². The van der Waals surface area contributed by atoms with Gasteiger partial charge in [-0.1, -0.05) is 30.3 Å². The summed E-state index contributed by atoms with van der Waals surface area (Å²) in [4.78, 5) is 11.7. The molecule has 4 nitrogen and oxygen atoms in total. The quantitative estimate of drug-likeness (QED) is 0.894. The molecule has 0 saturated carbocycles. The van der Waals surface area contributed by atoms with Gasteiger partial charge in [-0.25, -0.2) is 0 Å². The molecule has 4 rings (SSSR count). The zero-order chi connectivity index (χ0) is 16.5. The molecule has 0 spiro atoms. The largest absolute Gasteiger partial charge is 0.493 e. The standard InChI is InChI=1S/C20H22N2O2/c1-21-20(23)14-7-5-13(6-8-14)16-3-2-4-17-18-12-22-11-15(18)9-10-24-19(16)17/h2-8,15,18,22H,9-12H2,1H3,(H,21,23). The van der Waals surface area contributed by atoms with E-state index in [2.05, 4.69) is 28.8 Å². The van der Waals surface area contributed by atoms with Gasteiger partial charge >= 0.3 is 0 Å². The van der Waals surface area contributed by atoms with Crippen LogP contribution in [0, 0.1) is 5.92 Å². The number of nitrogens with one attached hydrogen (secondary N) is 2. The molecule has 0 aromatic heterocycles. The van der Waals surface area contributed by atoms with Crippen LogP contribution in [0.25, 0.3) is 11.1 Å². The molecule has 24 heavy (non-hydrogen) atoms. The molecule has 4 heteroatoms. The SMILES string of the molecule is CNC(=O)c1ccc(-c2cccc3c2OCCC2CNCC32)cc1. The minimum atomic E-state index is -0.0652. The molecule has 2 heterocycles. The Morgan fingerprint density at radius 3 is 2.79 bits per heavy atom. The van der Waals surface area contributed by atoms with Gasteiger partial charge in [-0.15, -0.1) is 0 Å². The number of benzene rings is 2. The Morgan fingerprint density at radius 2 is 2.00 bits per heavy atom. The topological polar surface area (TPSA) is 50.4 Å². The Balaban J connectivity index is 1.74. The van der Waals surface area contributed by atoms with Gasteiger partial charge in [0.25, 0.3) is 5.91 Å². The van der Waals surface area contributed by atoms with Gasteiger partial charge in [0.2, 0.25) is 0 Å². The van der Waals surface area contributed by atoms with Crippen molar-refractivity contribution in [3.8, 4) is 16.9 Å². The van der Waals surface area contributed by atoms with Crippen LogP contribution in [0.1, 0.15) is 28.3 Å². The molecule has 1 amide bonds. The van der Waals surface area contributed by atoms with Crippen LogP contribution in [-0.4, -0.2) is 32.7 Å². The number of carbonyl (C=O) groups is 1. The smallest absolute Gasteiger partial charge is 0.251 e. The molecule has 0 aliphatic carbocycles. The molecule has 124 valence electrons. The number of para-hydroxylation sites is 1. The lowest BCUT2D eigenvalue weighted by molar-refractivity contribution is 0.0963. The lowest BCUT2D eigenvalue weighted by Gasteiger charge is -2.18. The first-order chi connectivity index (χ1) is 11.8. The predicted octanol–water partition coefficient (Wildman–Crippen LogP) is 2.80. The van der Waals surface area contributed by atoms with Crippen LogP contribution in [0.5, 0.6) is 5.75 Å². The fraction of sp³-hybridized carbons (Fsp3) is 0.350. The Bertz CT molecular complexity index is 755. The van der Waals surface area contributed by atoms with Crippen molar-refractivity contribution in [2.45, 2.75) is 12.3 Å². The van der Waals surface area contributed by atoms with Crippen LogP contribution < -0.4 is 15.4 Å².